The Bertz CT molecular complexity index is 603. The van der Waals surface area contributed by atoms with Gasteiger partial charge >= 0.3 is 0 Å². The number of rotatable bonds is 2. The van der Waals surface area contributed by atoms with Crippen LogP contribution in [0.15, 0.2) is 36.5 Å². The average Bonchev–Trinajstić information content (AvgIpc) is 2.91. The molecule has 2 aromatic rings. The van der Waals surface area contributed by atoms with Gasteiger partial charge < -0.3 is 15.0 Å². The second kappa shape index (κ2) is 4.24. The van der Waals surface area contributed by atoms with E-state index in [1.807, 2.05) is 44.3 Å². The predicted octanol–water partition coefficient (Wildman–Crippen LogP) is 2.88. The number of aromatic amines is 1. The molecule has 0 saturated carbocycles. The first kappa shape index (κ1) is 12.0. The molecule has 1 unspecified atom stereocenters. The van der Waals surface area contributed by atoms with Gasteiger partial charge in [0, 0.05) is 23.1 Å². The summed E-state index contributed by atoms with van der Waals surface area (Å²) in [5.41, 5.74) is 3.68. The Kier molecular flexibility index (Phi) is 2.68. The summed E-state index contributed by atoms with van der Waals surface area (Å²) in [4.78, 5) is 14.1. The van der Waals surface area contributed by atoms with Crippen LogP contribution in [-0.2, 0) is 15.1 Å². The number of aldehydes is 1. The molecule has 0 radical (unpaired) electrons. The van der Waals surface area contributed by atoms with Crippen molar-refractivity contribution < 1.29 is 9.53 Å². The highest BCUT2D eigenvalue weighted by Gasteiger charge is 2.33. The lowest BCUT2D eigenvalue weighted by Crippen LogP contribution is -2.39. The minimum absolute atomic E-state index is 0.491. The lowest BCUT2D eigenvalue weighted by atomic mass is 9.92. The smallest absolute Gasteiger partial charge is 0.185 e. The van der Waals surface area contributed by atoms with Gasteiger partial charge in [0.15, 0.2) is 12.5 Å². The van der Waals surface area contributed by atoms with Crippen LogP contribution in [0, 0.1) is 0 Å². The zero-order chi connectivity index (χ0) is 13.5. The third kappa shape index (κ3) is 2.04. The highest BCUT2D eigenvalue weighted by Crippen LogP contribution is 2.38. The number of hydrogen-bond acceptors (Lipinski definition) is 3. The number of aromatic nitrogens is 1. The Balaban J connectivity index is 2.08. The van der Waals surface area contributed by atoms with E-state index in [0.29, 0.717) is 0 Å². The van der Waals surface area contributed by atoms with Crippen molar-refractivity contribution in [3.63, 3.8) is 0 Å². The summed E-state index contributed by atoms with van der Waals surface area (Å²) in [6, 6.07) is 10.1. The van der Waals surface area contributed by atoms with Crippen molar-refractivity contribution in [1.29, 1.82) is 0 Å². The van der Waals surface area contributed by atoms with E-state index in [1.165, 1.54) is 0 Å². The van der Waals surface area contributed by atoms with Crippen LogP contribution in [0.1, 0.15) is 19.4 Å². The SMILES string of the molecule is CC1(C)OC(C=O)Nc2ccc(-c3ccc[nH]3)cc21. The Morgan fingerprint density at radius 2 is 2.16 bits per heavy atom. The molecule has 0 aliphatic carbocycles. The molecule has 19 heavy (non-hydrogen) atoms. The maximum absolute atomic E-state index is 10.9. The van der Waals surface area contributed by atoms with E-state index in [9.17, 15) is 4.79 Å². The highest BCUT2D eigenvalue weighted by molar-refractivity contribution is 5.71. The zero-order valence-electron chi connectivity index (χ0n) is 10.9. The summed E-state index contributed by atoms with van der Waals surface area (Å²) in [5.74, 6) is 0. The van der Waals surface area contributed by atoms with Crippen molar-refractivity contribution in [3.05, 3.63) is 42.1 Å². The van der Waals surface area contributed by atoms with Crippen LogP contribution in [0.4, 0.5) is 5.69 Å². The Morgan fingerprint density at radius 1 is 1.32 bits per heavy atom. The van der Waals surface area contributed by atoms with Gasteiger partial charge in [-0.05, 0) is 43.7 Å². The monoisotopic (exact) mass is 256 g/mol. The number of benzene rings is 1. The van der Waals surface area contributed by atoms with Crippen LogP contribution in [0.2, 0.25) is 0 Å². The van der Waals surface area contributed by atoms with E-state index in [0.717, 1.165) is 28.8 Å². The Labute approximate surface area is 111 Å². The van der Waals surface area contributed by atoms with E-state index < -0.39 is 11.8 Å². The summed E-state index contributed by atoms with van der Waals surface area (Å²) in [6.07, 6.45) is 2.10. The second-order valence-electron chi connectivity index (χ2n) is 5.17. The van der Waals surface area contributed by atoms with Crippen LogP contribution in [0.25, 0.3) is 11.3 Å². The predicted molar refractivity (Wildman–Crippen MR) is 73.8 cm³/mol. The van der Waals surface area contributed by atoms with Crippen LogP contribution in [-0.4, -0.2) is 17.5 Å². The fraction of sp³-hybridized carbons (Fsp3) is 0.267. The normalized spacial score (nSPS) is 20.4. The van der Waals surface area contributed by atoms with Crippen LogP contribution < -0.4 is 5.32 Å². The van der Waals surface area contributed by atoms with Crippen LogP contribution in [0.3, 0.4) is 0 Å². The number of hydrogen-bond donors (Lipinski definition) is 2. The van der Waals surface area contributed by atoms with Crippen LogP contribution in [0.5, 0.6) is 0 Å². The lowest BCUT2D eigenvalue weighted by molar-refractivity contribution is -0.128. The van der Waals surface area contributed by atoms with Gasteiger partial charge in [0.05, 0.1) is 5.60 Å². The van der Waals surface area contributed by atoms with E-state index in [4.69, 9.17) is 4.74 Å². The molecule has 1 aromatic carbocycles. The number of ether oxygens (including phenoxy) is 1. The van der Waals surface area contributed by atoms with E-state index >= 15 is 0 Å². The number of anilines is 1. The molecule has 1 atom stereocenters. The van der Waals surface area contributed by atoms with Crippen molar-refractivity contribution >= 4 is 12.0 Å². The van der Waals surface area contributed by atoms with Gasteiger partial charge in [0.2, 0.25) is 0 Å². The molecule has 0 bridgehead atoms. The van der Waals surface area contributed by atoms with Gasteiger partial charge in [0.25, 0.3) is 0 Å². The lowest BCUT2D eigenvalue weighted by Gasteiger charge is -2.37. The van der Waals surface area contributed by atoms with Crippen molar-refractivity contribution in [1.82, 2.24) is 4.98 Å². The van der Waals surface area contributed by atoms with E-state index in [2.05, 4.69) is 16.4 Å². The van der Waals surface area contributed by atoms with Crippen molar-refractivity contribution in [2.24, 2.45) is 0 Å². The summed E-state index contributed by atoms with van der Waals surface area (Å²) >= 11 is 0. The first-order chi connectivity index (χ1) is 9.10. The fourth-order valence-electron chi connectivity index (χ4n) is 2.47. The fourth-order valence-corrected chi connectivity index (χ4v) is 2.47. The molecule has 2 heterocycles. The van der Waals surface area contributed by atoms with Gasteiger partial charge in [-0.1, -0.05) is 6.07 Å². The molecular weight excluding hydrogens is 240 g/mol. The first-order valence-corrected chi connectivity index (χ1v) is 6.28. The van der Waals surface area contributed by atoms with Crippen molar-refractivity contribution in [3.8, 4) is 11.3 Å². The second-order valence-corrected chi connectivity index (χ2v) is 5.17. The van der Waals surface area contributed by atoms with Gasteiger partial charge in [0.1, 0.15) is 0 Å². The van der Waals surface area contributed by atoms with Gasteiger partial charge in [-0.15, -0.1) is 0 Å². The molecular formula is C15H16N2O2. The van der Waals surface area contributed by atoms with Gasteiger partial charge in [-0.25, -0.2) is 0 Å². The highest BCUT2D eigenvalue weighted by atomic mass is 16.5. The quantitative estimate of drug-likeness (QED) is 0.812. The molecule has 0 fully saturated rings. The number of carbonyl (C=O) groups is 1. The molecule has 2 N–H and O–H groups in total. The maximum Gasteiger partial charge on any atom is 0.185 e. The van der Waals surface area contributed by atoms with Crippen molar-refractivity contribution in [2.45, 2.75) is 25.7 Å². The summed E-state index contributed by atoms with van der Waals surface area (Å²) in [5, 5.41) is 3.07. The third-order valence-corrected chi connectivity index (χ3v) is 3.42. The molecule has 98 valence electrons. The molecule has 1 aliphatic heterocycles. The Morgan fingerprint density at radius 3 is 2.84 bits per heavy atom. The summed E-state index contributed by atoms with van der Waals surface area (Å²) < 4.78 is 5.73. The molecule has 0 saturated heterocycles. The molecule has 1 aliphatic rings. The van der Waals surface area contributed by atoms with Crippen molar-refractivity contribution in [2.75, 3.05) is 5.32 Å². The third-order valence-electron chi connectivity index (χ3n) is 3.42. The number of fused-ring (bicyclic) bond motifs is 1. The molecule has 4 nitrogen and oxygen atoms in total. The zero-order valence-corrected chi connectivity index (χ0v) is 10.9. The largest absolute Gasteiger partial charge is 0.361 e. The first-order valence-electron chi connectivity index (χ1n) is 6.28. The molecule has 0 spiro atoms. The molecule has 4 heteroatoms. The Hall–Kier alpha value is -2.07. The standard InChI is InChI=1S/C15H16N2O2/c1-15(2)11-8-10(12-4-3-7-16-12)5-6-13(11)17-14(9-18)19-15/h3-9,14,16-17H,1-2H3. The summed E-state index contributed by atoms with van der Waals surface area (Å²) in [6.45, 7) is 3.95. The van der Waals surface area contributed by atoms with Gasteiger partial charge in [-0.3, -0.25) is 4.79 Å². The maximum atomic E-state index is 10.9. The number of nitrogens with one attached hydrogen (secondary N) is 2. The minimum Gasteiger partial charge on any atom is -0.361 e. The minimum atomic E-state index is -0.584. The molecule has 1 aromatic heterocycles. The molecule has 3 rings (SSSR count). The topological polar surface area (TPSA) is 54.1 Å². The van der Waals surface area contributed by atoms with E-state index in [1.54, 1.807) is 0 Å². The number of H-pyrrole nitrogens is 1. The van der Waals surface area contributed by atoms with Gasteiger partial charge in [-0.2, -0.15) is 0 Å². The molecule has 0 amide bonds. The number of carbonyl (C=O) groups excluding carboxylic acids is 1. The van der Waals surface area contributed by atoms with Crippen LogP contribution >= 0.6 is 0 Å². The van der Waals surface area contributed by atoms with E-state index in [-0.39, 0.29) is 0 Å². The average molecular weight is 256 g/mol. The summed E-state index contributed by atoms with van der Waals surface area (Å²) in [7, 11) is 0.